The van der Waals surface area contributed by atoms with E-state index < -0.39 is 16.6 Å². The number of fused-ring (bicyclic) bond motifs is 1. The molecule has 0 aliphatic carbocycles. The molecule has 0 radical (unpaired) electrons. The van der Waals surface area contributed by atoms with Crippen LogP contribution in [0.4, 0.5) is 8.78 Å². The van der Waals surface area contributed by atoms with Gasteiger partial charge in [0.25, 0.3) is 0 Å². The number of nitrogens with one attached hydrogen (secondary N) is 1. The molecular weight excluding hydrogens is 350 g/mol. The largest absolute Gasteiger partial charge is 0.433 e. The van der Waals surface area contributed by atoms with E-state index in [1.54, 1.807) is 0 Å². The molecule has 2 atom stereocenters. The maximum absolute atomic E-state index is 12.7. The quantitative estimate of drug-likeness (QED) is 0.888. The summed E-state index contributed by atoms with van der Waals surface area (Å²) in [5.41, 5.74) is 0. The predicted octanol–water partition coefficient (Wildman–Crippen LogP) is 2.31. The fourth-order valence-corrected chi connectivity index (χ4v) is 5.04. The SMILES string of the molecule is O=S(=O)(c1ccc(OC(F)F)c(Cl)c1)N1CCC2NCCC2C1. The van der Waals surface area contributed by atoms with Gasteiger partial charge >= 0.3 is 6.61 Å². The minimum atomic E-state index is -3.69. The number of sulfonamides is 1. The van der Waals surface area contributed by atoms with Crippen molar-refractivity contribution in [3.05, 3.63) is 23.2 Å². The van der Waals surface area contributed by atoms with Crippen molar-refractivity contribution in [2.24, 2.45) is 5.92 Å². The third-order valence-electron chi connectivity index (χ3n) is 4.38. The summed E-state index contributed by atoms with van der Waals surface area (Å²) >= 11 is 5.86. The van der Waals surface area contributed by atoms with Crippen LogP contribution in [0.25, 0.3) is 0 Å². The smallest absolute Gasteiger partial charge is 0.387 e. The van der Waals surface area contributed by atoms with Crippen LogP contribution in [0, 0.1) is 5.92 Å². The normalized spacial score (nSPS) is 25.6. The summed E-state index contributed by atoms with van der Waals surface area (Å²) in [6.07, 6.45) is 1.73. The third-order valence-corrected chi connectivity index (χ3v) is 6.53. The average molecular weight is 367 g/mol. The highest BCUT2D eigenvalue weighted by molar-refractivity contribution is 7.89. The average Bonchev–Trinajstić information content (AvgIpc) is 2.96. The van der Waals surface area contributed by atoms with Crippen LogP contribution in [0.5, 0.6) is 5.75 Å². The summed E-state index contributed by atoms with van der Waals surface area (Å²) in [6.45, 7) is -1.20. The molecule has 2 aliphatic rings. The van der Waals surface area contributed by atoms with Gasteiger partial charge in [0.2, 0.25) is 10.0 Å². The van der Waals surface area contributed by atoms with E-state index in [1.807, 2.05) is 0 Å². The van der Waals surface area contributed by atoms with Crippen LogP contribution in [-0.4, -0.2) is 45.0 Å². The van der Waals surface area contributed by atoms with E-state index in [2.05, 4.69) is 10.1 Å². The zero-order chi connectivity index (χ0) is 16.6. The molecule has 0 aromatic heterocycles. The van der Waals surface area contributed by atoms with E-state index in [9.17, 15) is 17.2 Å². The van der Waals surface area contributed by atoms with Gasteiger partial charge in [-0.15, -0.1) is 0 Å². The standard InChI is InChI=1S/C14H17ClF2N2O3S/c15-11-7-10(1-2-13(11)22-14(16)17)23(20,21)19-6-4-12-9(8-19)3-5-18-12/h1-2,7,9,12,14,18H,3-6,8H2. The van der Waals surface area contributed by atoms with Crippen molar-refractivity contribution in [3.63, 3.8) is 0 Å². The number of rotatable bonds is 4. The fraction of sp³-hybridized carbons (Fsp3) is 0.571. The number of nitrogens with zero attached hydrogens (tertiary/aromatic N) is 1. The molecule has 0 bridgehead atoms. The van der Waals surface area contributed by atoms with Gasteiger partial charge in [-0.25, -0.2) is 8.42 Å². The van der Waals surface area contributed by atoms with Crippen LogP contribution in [-0.2, 0) is 10.0 Å². The molecule has 0 saturated carbocycles. The Morgan fingerprint density at radius 2 is 2.13 bits per heavy atom. The monoisotopic (exact) mass is 366 g/mol. The van der Waals surface area contributed by atoms with Gasteiger partial charge in [-0.05, 0) is 43.5 Å². The van der Waals surface area contributed by atoms with Crippen molar-refractivity contribution in [2.45, 2.75) is 30.4 Å². The number of alkyl halides is 2. The van der Waals surface area contributed by atoms with Crippen molar-refractivity contribution >= 4 is 21.6 Å². The fourth-order valence-electron chi connectivity index (χ4n) is 3.22. The first-order valence-corrected chi connectivity index (χ1v) is 9.17. The minimum Gasteiger partial charge on any atom is -0.433 e. The van der Waals surface area contributed by atoms with Crippen LogP contribution in [0.3, 0.4) is 0 Å². The zero-order valence-corrected chi connectivity index (χ0v) is 13.8. The number of benzene rings is 1. The lowest BCUT2D eigenvalue weighted by Gasteiger charge is -2.34. The molecule has 2 saturated heterocycles. The summed E-state index contributed by atoms with van der Waals surface area (Å²) in [7, 11) is -3.69. The van der Waals surface area contributed by atoms with Gasteiger partial charge in [-0.3, -0.25) is 0 Å². The van der Waals surface area contributed by atoms with E-state index in [4.69, 9.17) is 11.6 Å². The molecule has 2 heterocycles. The van der Waals surface area contributed by atoms with Gasteiger partial charge in [0.05, 0.1) is 9.92 Å². The van der Waals surface area contributed by atoms with Gasteiger partial charge in [0.1, 0.15) is 5.75 Å². The van der Waals surface area contributed by atoms with Gasteiger partial charge < -0.3 is 10.1 Å². The maximum atomic E-state index is 12.7. The lowest BCUT2D eigenvalue weighted by molar-refractivity contribution is -0.0498. The molecule has 128 valence electrons. The Kier molecular flexibility index (Phi) is 4.78. The highest BCUT2D eigenvalue weighted by Gasteiger charge is 2.37. The first kappa shape index (κ1) is 16.9. The first-order chi connectivity index (χ1) is 10.9. The van der Waals surface area contributed by atoms with E-state index in [0.717, 1.165) is 31.5 Å². The number of hydrogen-bond acceptors (Lipinski definition) is 4. The Morgan fingerprint density at radius 3 is 2.83 bits per heavy atom. The van der Waals surface area contributed by atoms with Crippen LogP contribution >= 0.6 is 11.6 Å². The van der Waals surface area contributed by atoms with Crippen LogP contribution in [0.15, 0.2) is 23.1 Å². The summed E-state index contributed by atoms with van der Waals surface area (Å²) in [5, 5.41) is 3.23. The molecule has 5 nitrogen and oxygen atoms in total. The number of halogens is 3. The molecule has 1 aromatic rings. The Hall–Kier alpha value is -0.960. The first-order valence-electron chi connectivity index (χ1n) is 7.36. The summed E-state index contributed by atoms with van der Waals surface area (Å²) in [5.74, 6) is 0.0785. The second-order valence-corrected chi connectivity index (χ2v) is 8.08. The molecule has 1 N–H and O–H groups in total. The van der Waals surface area contributed by atoms with Crippen molar-refractivity contribution in [2.75, 3.05) is 19.6 Å². The van der Waals surface area contributed by atoms with Crippen LogP contribution in [0.2, 0.25) is 5.02 Å². The summed E-state index contributed by atoms with van der Waals surface area (Å²) in [6, 6.07) is 3.95. The van der Waals surface area contributed by atoms with E-state index in [1.165, 1.54) is 10.4 Å². The molecule has 2 fully saturated rings. The van der Waals surface area contributed by atoms with Crippen molar-refractivity contribution in [3.8, 4) is 5.75 Å². The second kappa shape index (κ2) is 6.51. The van der Waals surface area contributed by atoms with Gasteiger partial charge in [-0.2, -0.15) is 13.1 Å². The van der Waals surface area contributed by atoms with Gasteiger partial charge in [-0.1, -0.05) is 11.6 Å². The Bertz CT molecular complexity index is 687. The molecular formula is C14H17ClF2N2O3S. The maximum Gasteiger partial charge on any atom is 0.387 e. The summed E-state index contributed by atoms with van der Waals surface area (Å²) < 4.78 is 55.6. The van der Waals surface area contributed by atoms with Crippen LogP contribution < -0.4 is 10.1 Å². The van der Waals surface area contributed by atoms with Crippen molar-refractivity contribution in [1.29, 1.82) is 0 Å². The number of ether oxygens (including phenoxy) is 1. The lowest BCUT2D eigenvalue weighted by Crippen LogP contribution is -2.46. The van der Waals surface area contributed by atoms with Gasteiger partial charge in [0.15, 0.2) is 0 Å². The lowest BCUT2D eigenvalue weighted by atomic mass is 9.95. The van der Waals surface area contributed by atoms with Gasteiger partial charge in [0, 0.05) is 19.1 Å². The van der Waals surface area contributed by atoms with E-state index in [-0.39, 0.29) is 15.7 Å². The molecule has 0 spiro atoms. The topological polar surface area (TPSA) is 58.6 Å². The number of piperidine rings is 1. The minimum absolute atomic E-state index is 0.00600. The molecule has 2 aliphatic heterocycles. The highest BCUT2D eigenvalue weighted by Crippen LogP contribution is 2.32. The van der Waals surface area contributed by atoms with Crippen LogP contribution in [0.1, 0.15) is 12.8 Å². The Morgan fingerprint density at radius 1 is 1.35 bits per heavy atom. The molecule has 3 rings (SSSR count). The summed E-state index contributed by atoms with van der Waals surface area (Å²) in [4.78, 5) is -0.00600. The predicted molar refractivity (Wildman–Crippen MR) is 81.4 cm³/mol. The van der Waals surface area contributed by atoms with E-state index >= 15 is 0 Å². The van der Waals surface area contributed by atoms with Crippen molar-refractivity contribution < 1.29 is 21.9 Å². The zero-order valence-electron chi connectivity index (χ0n) is 12.2. The third kappa shape index (κ3) is 3.45. The highest BCUT2D eigenvalue weighted by atomic mass is 35.5. The van der Waals surface area contributed by atoms with E-state index in [0.29, 0.717) is 25.0 Å². The Labute approximate surface area is 138 Å². The van der Waals surface area contributed by atoms with Crippen molar-refractivity contribution in [1.82, 2.24) is 9.62 Å². The molecule has 23 heavy (non-hydrogen) atoms. The molecule has 9 heteroatoms. The molecule has 1 aromatic carbocycles. The number of hydrogen-bond donors (Lipinski definition) is 1. The second-order valence-electron chi connectivity index (χ2n) is 5.73. The Balaban J connectivity index is 1.81. The molecule has 2 unspecified atom stereocenters. The molecule has 0 amide bonds.